The van der Waals surface area contributed by atoms with E-state index in [1.807, 2.05) is 6.26 Å². The number of halogens is 1. The normalized spacial score (nSPS) is 14.2. The van der Waals surface area contributed by atoms with Crippen molar-refractivity contribution in [2.75, 3.05) is 24.4 Å². The summed E-state index contributed by atoms with van der Waals surface area (Å²) in [5, 5.41) is 0.491. The minimum atomic E-state index is -3.09. The molecule has 0 rings (SSSR count). The Bertz CT molecular complexity index is 231. The van der Waals surface area contributed by atoms with Gasteiger partial charge in [0.05, 0.1) is 5.75 Å². The average molecular weight is 260 g/mol. The molecule has 1 unspecified atom stereocenters. The Labute approximate surface area is 96.0 Å². The maximum absolute atomic E-state index is 11.3. The van der Waals surface area contributed by atoms with E-state index in [-0.39, 0.29) is 5.75 Å². The molecule has 0 saturated carbocycles. The number of sulfonamides is 1. The van der Waals surface area contributed by atoms with Gasteiger partial charge in [-0.2, -0.15) is 11.8 Å². The zero-order chi connectivity index (χ0) is 11.0. The van der Waals surface area contributed by atoms with Crippen molar-refractivity contribution in [1.82, 2.24) is 4.72 Å². The first-order valence-electron chi connectivity index (χ1n) is 4.58. The van der Waals surface area contributed by atoms with Crippen LogP contribution < -0.4 is 4.72 Å². The molecule has 0 spiro atoms. The second-order valence-electron chi connectivity index (χ2n) is 3.09. The number of rotatable bonds is 8. The van der Waals surface area contributed by atoms with Crippen LogP contribution in [0.1, 0.15) is 19.8 Å². The van der Waals surface area contributed by atoms with Gasteiger partial charge in [0.2, 0.25) is 10.0 Å². The van der Waals surface area contributed by atoms with E-state index >= 15 is 0 Å². The number of alkyl halides is 1. The Kier molecular flexibility index (Phi) is 8.10. The van der Waals surface area contributed by atoms with Crippen LogP contribution in [0.2, 0.25) is 0 Å². The molecular formula is C8H18ClNO2S2. The molecule has 6 heteroatoms. The molecule has 14 heavy (non-hydrogen) atoms. The lowest BCUT2D eigenvalue weighted by Gasteiger charge is -2.09. The summed E-state index contributed by atoms with van der Waals surface area (Å²) in [7, 11) is -3.09. The standard InChI is InChI=1S/C8H18ClNO2S2/c1-8(13-2)4-6-10-14(11,12)7-3-5-9/h8,10H,3-7H2,1-2H3. The largest absolute Gasteiger partial charge is 0.215 e. The van der Waals surface area contributed by atoms with Crippen molar-refractivity contribution in [2.24, 2.45) is 0 Å². The van der Waals surface area contributed by atoms with Gasteiger partial charge in [-0.15, -0.1) is 11.6 Å². The molecule has 0 aliphatic carbocycles. The highest BCUT2D eigenvalue weighted by Crippen LogP contribution is 2.08. The van der Waals surface area contributed by atoms with E-state index in [1.165, 1.54) is 0 Å². The van der Waals surface area contributed by atoms with Crippen LogP contribution in [0.5, 0.6) is 0 Å². The molecule has 0 aromatic carbocycles. The van der Waals surface area contributed by atoms with Crippen LogP contribution in [0, 0.1) is 0 Å². The molecule has 1 N–H and O–H groups in total. The van der Waals surface area contributed by atoms with Crippen LogP contribution in [0.3, 0.4) is 0 Å². The lowest BCUT2D eigenvalue weighted by Crippen LogP contribution is -2.28. The fourth-order valence-corrected chi connectivity index (χ4v) is 2.60. The lowest BCUT2D eigenvalue weighted by atomic mass is 10.3. The van der Waals surface area contributed by atoms with E-state index in [1.54, 1.807) is 11.8 Å². The summed E-state index contributed by atoms with van der Waals surface area (Å²) in [5.74, 6) is 0.520. The molecule has 0 aromatic rings. The Balaban J connectivity index is 3.66. The van der Waals surface area contributed by atoms with Crippen molar-refractivity contribution < 1.29 is 8.42 Å². The summed E-state index contributed by atoms with van der Waals surface area (Å²) in [4.78, 5) is 0. The van der Waals surface area contributed by atoms with Crippen LogP contribution in [0.15, 0.2) is 0 Å². The first kappa shape index (κ1) is 14.6. The molecule has 0 radical (unpaired) electrons. The first-order valence-corrected chi connectivity index (χ1v) is 8.05. The fraction of sp³-hybridized carbons (Fsp3) is 1.00. The van der Waals surface area contributed by atoms with Crippen molar-refractivity contribution in [3.8, 4) is 0 Å². The summed E-state index contributed by atoms with van der Waals surface area (Å²) >= 11 is 7.16. The first-order chi connectivity index (χ1) is 6.52. The summed E-state index contributed by atoms with van der Waals surface area (Å²) in [6, 6.07) is 0. The van der Waals surface area contributed by atoms with Crippen molar-refractivity contribution in [3.05, 3.63) is 0 Å². The Hall–Kier alpha value is 0.550. The van der Waals surface area contributed by atoms with Crippen LogP contribution in [0.25, 0.3) is 0 Å². The number of hydrogen-bond donors (Lipinski definition) is 1. The zero-order valence-electron chi connectivity index (χ0n) is 8.62. The van der Waals surface area contributed by atoms with Gasteiger partial charge in [0, 0.05) is 17.7 Å². The molecule has 0 aliphatic heterocycles. The van der Waals surface area contributed by atoms with Crippen LogP contribution in [-0.4, -0.2) is 38.1 Å². The van der Waals surface area contributed by atoms with E-state index in [4.69, 9.17) is 11.6 Å². The fourth-order valence-electron chi connectivity index (χ4n) is 0.852. The highest BCUT2D eigenvalue weighted by Gasteiger charge is 2.09. The average Bonchev–Trinajstić information content (AvgIpc) is 2.14. The molecule has 0 aliphatic rings. The Morgan fingerprint density at radius 2 is 2.14 bits per heavy atom. The Morgan fingerprint density at radius 3 is 2.64 bits per heavy atom. The smallest absolute Gasteiger partial charge is 0.211 e. The molecule has 0 saturated heterocycles. The minimum Gasteiger partial charge on any atom is -0.215 e. The van der Waals surface area contributed by atoms with E-state index in [0.29, 0.717) is 24.1 Å². The second-order valence-corrected chi connectivity index (χ2v) is 6.67. The highest BCUT2D eigenvalue weighted by atomic mass is 35.5. The predicted molar refractivity (Wildman–Crippen MR) is 64.7 cm³/mol. The summed E-state index contributed by atoms with van der Waals surface area (Å²) in [6.45, 7) is 2.60. The van der Waals surface area contributed by atoms with Gasteiger partial charge in [0.15, 0.2) is 0 Å². The summed E-state index contributed by atoms with van der Waals surface area (Å²) < 4.78 is 25.1. The van der Waals surface area contributed by atoms with Gasteiger partial charge >= 0.3 is 0 Å². The number of thioether (sulfide) groups is 1. The lowest BCUT2D eigenvalue weighted by molar-refractivity contribution is 0.578. The van der Waals surface area contributed by atoms with Gasteiger partial charge in [-0.3, -0.25) is 0 Å². The van der Waals surface area contributed by atoms with E-state index in [2.05, 4.69) is 11.6 Å². The van der Waals surface area contributed by atoms with Crippen LogP contribution in [0.4, 0.5) is 0 Å². The molecule has 3 nitrogen and oxygen atoms in total. The molecule has 0 heterocycles. The topological polar surface area (TPSA) is 46.2 Å². The third-order valence-electron chi connectivity index (χ3n) is 1.82. The molecule has 1 atom stereocenters. The summed E-state index contributed by atoms with van der Waals surface area (Å²) in [5.41, 5.74) is 0. The van der Waals surface area contributed by atoms with Gasteiger partial charge < -0.3 is 0 Å². The van der Waals surface area contributed by atoms with Gasteiger partial charge in [-0.1, -0.05) is 6.92 Å². The number of nitrogens with one attached hydrogen (secondary N) is 1. The van der Waals surface area contributed by atoms with Gasteiger partial charge in [0.1, 0.15) is 0 Å². The third-order valence-corrected chi connectivity index (χ3v) is 4.60. The Morgan fingerprint density at radius 1 is 1.50 bits per heavy atom. The SMILES string of the molecule is CSC(C)CCNS(=O)(=O)CCCCl. The van der Waals surface area contributed by atoms with Crippen molar-refractivity contribution in [3.63, 3.8) is 0 Å². The van der Waals surface area contributed by atoms with Gasteiger partial charge in [-0.25, -0.2) is 13.1 Å². The maximum atomic E-state index is 11.3. The molecule has 0 fully saturated rings. The quantitative estimate of drug-likeness (QED) is 0.675. The molecule has 86 valence electrons. The monoisotopic (exact) mass is 259 g/mol. The van der Waals surface area contributed by atoms with Gasteiger partial charge in [0.25, 0.3) is 0 Å². The van der Waals surface area contributed by atoms with Crippen molar-refractivity contribution >= 4 is 33.4 Å². The van der Waals surface area contributed by atoms with Crippen LogP contribution >= 0.6 is 23.4 Å². The van der Waals surface area contributed by atoms with Gasteiger partial charge in [-0.05, 0) is 19.1 Å². The zero-order valence-corrected chi connectivity index (χ0v) is 11.0. The minimum absolute atomic E-state index is 0.129. The molecular weight excluding hydrogens is 242 g/mol. The highest BCUT2D eigenvalue weighted by molar-refractivity contribution is 7.99. The number of hydrogen-bond acceptors (Lipinski definition) is 3. The van der Waals surface area contributed by atoms with E-state index < -0.39 is 10.0 Å². The van der Waals surface area contributed by atoms with E-state index in [9.17, 15) is 8.42 Å². The predicted octanol–water partition coefficient (Wildman–Crippen LogP) is 1.68. The van der Waals surface area contributed by atoms with Crippen LogP contribution in [-0.2, 0) is 10.0 Å². The maximum Gasteiger partial charge on any atom is 0.211 e. The van der Waals surface area contributed by atoms with E-state index in [0.717, 1.165) is 6.42 Å². The van der Waals surface area contributed by atoms with Crippen molar-refractivity contribution in [2.45, 2.75) is 25.0 Å². The van der Waals surface area contributed by atoms with Crippen molar-refractivity contribution in [1.29, 1.82) is 0 Å². The molecule has 0 aromatic heterocycles. The summed E-state index contributed by atoms with van der Waals surface area (Å²) in [6.07, 6.45) is 3.39. The second kappa shape index (κ2) is 7.79. The molecule has 0 bridgehead atoms. The molecule has 0 amide bonds. The third kappa shape index (κ3) is 7.91.